The first-order chi connectivity index (χ1) is 6.30. The molecule has 6 heteroatoms. The van der Waals surface area contributed by atoms with Crippen molar-refractivity contribution in [3.8, 4) is 0 Å². The minimum absolute atomic E-state index is 1.25. The summed E-state index contributed by atoms with van der Waals surface area (Å²) >= 11 is 0. The van der Waals surface area contributed by atoms with Crippen molar-refractivity contribution in [2.24, 2.45) is 0 Å². The molecule has 1 aromatic rings. The summed E-state index contributed by atoms with van der Waals surface area (Å²) in [5.41, 5.74) is 1.25. The molecule has 0 saturated heterocycles. The number of para-hydroxylation sites is 1. The highest BCUT2D eigenvalue weighted by Gasteiger charge is 2.00. The van der Waals surface area contributed by atoms with E-state index in [0.717, 1.165) is 0 Å². The summed E-state index contributed by atoms with van der Waals surface area (Å²) < 4.78 is 8.88. The molecular formula is C8H14NO4P. The molecule has 1 aromatic carbocycles. The molecule has 0 heterocycles. The Kier molecular flexibility index (Phi) is 5.42. The molecule has 0 aromatic heterocycles. The molecular weight excluding hydrogens is 205 g/mol. The second-order valence-electron chi connectivity index (χ2n) is 2.74. The maximum atomic E-state index is 8.88. The van der Waals surface area contributed by atoms with Gasteiger partial charge in [0.25, 0.3) is 0 Å². The van der Waals surface area contributed by atoms with Gasteiger partial charge in [-0.25, -0.2) is 4.57 Å². The first-order valence-electron chi connectivity index (χ1n) is 3.81. The molecule has 0 aliphatic heterocycles. The maximum Gasteiger partial charge on any atom is 0.466 e. The second-order valence-corrected chi connectivity index (χ2v) is 3.77. The topological polar surface area (TPSA) is 81.0 Å². The summed E-state index contributed by atoms with van der Waals surface area (Å²) in [4.78, 5) is 23.6. The van der Waals surface area contributed by atoms with Crippen LogP contribution in [0.5, 0.6) is 0 Å². The van der Waals surface area contributed by atoms with E-state index in [9.17, 15) is 0 Å². The standard InChI is InChI=1S/C8H11N.H3O4P/c1-9(2)8-6-4-3-5-7-8;1-5(2,3)4/h3-7H,1-2H3;(H3,1,2,3,4). The average molecular weight is 219 g/mol. The highest BCUT2D eigenvalue weighted by molar-refractivity contribution is 7.45. The Morgan fingerprint density at radius 3 is 1.64 bits per heavy atom. The van der Waals surface area contributed by atoms with Gasteiger partial charge in [0, 0.05) is 19.8 Å². The first kappa shape index (κ1) is 13.1. The summed E-state index contributed by atoms with van der Waals surface area (Å²) in [6.07, 6.45) is 0. The third kappa shape index (κ3) is 9.22. The quantitative estimate of drug-likeness (QED) is 0.609. The van der Waals surface area contributed by atoms with Gasteiger partial charge in [0.15, 0.2) is 0 Å². The van der Waals surface area contributed by atoms with Crippen molar-refractivity contribution in [2.45, 2.75) is 0 Å². The molecule has 0 spiro atoms. The maximum absolute atomic E-state index is 8.88. The summed E-state index contributed by atoms with van der Waals surface area (Å²) in [6.45, 7) is 0. The Bertz CT molecular complexity index is 287. The van der Waals surface area contributed by atoms with Crippen molar-refractivity contribution in [2.75, 3.05) is 19.0 Å². The lowest BCUT2D eigenvalue weighted by molar-refractivity contribution is 0.275. The van der Waals surface area contributed by atoms with Crippen molar-refractivity contribution in [1.82, 2.24) is 0 Å². The zero-order valence-corrected chi connectivity index (χ0v) is 8.93. The third-order valence-corrected chi connectivity index (χ3v) is 1.27. The van der Waals surface area contributed by atoms with Gasteiger partial charge in [0.2, 0.25) is 0 Å². The third-order valence-electron chi connectivity index (χ3n) is 1.27. The molecule has 0 radical (unpaired) electrons. The molecule has 0 aliphatic rings. The van der Waals surface area contributed by atoms with E-state index in [-0.39, 0.29) is 0 Å². The van der Waals surface area contributed by atoms with E-state index in [4.69, 9.17) is 19.2 Å². The van der Waals surface area contributed by atoms with Crippen LogP contribution in [0.1, 0.15) is 0 Å². The Morgan fingerprint density at radius 1 is 1.07 bits per heavy atom. The predicted molar refractivity (Wildman–Crippen MR) is 55.0 cm³/mol. The zero-order chi connectivity index (χ0) is 11.2. The zero-order valence-electron chi connectivity index (χ0n) is 8.03. The molecule has 0 fully saturated rings. The van der Waals surface area contributed by atoms with Crippen molar-refractivity contribution < 1.29 is 19.2 Å². The number of hydrogen-bond donors (Lipinski definition) is 3. The van der Waals surface area contributed by atoms with E-state index in [0.29, 0.717) is 0 Å². The van der Waals surface area contributed by atoms with Crippen LogP contribution >= 0.6 is 7.82 Å². The lowest BCUT2D eigenvalue weighted by Crippen LogP contribution is -2.07. The number of nitrogens with zero attached hydrogens (tertiary/aromatic N) is 1. The van der Waals surface area contributed by atoms with Crippen LogP contribution in [-0.2, 0) is 4.57 Å². The van der Waals surface area contributed by atoms with Crippen molar-refractivity contribution in [3.63, 3.8) is 0 Å². The fourth-order valence-electron chi connectivity index (χ4n) is 0.726. The lowest BCUT2D eigenvalue weighted by Gasteiger charge is -2.10. The van der Waals surface area contributed by atoms with Gasteiger partial charge in [-0.15, -0.1) is 0 Å². The molecule has 80 valence electrons. The van der Waals surface area contributed by atoms with Gasteiger partial charge < -0.3 is 19.6 Å². The monoisotopic (exact) mass is 219 g/mol. The van der Waals surface area contributed by atoms with Gasteiger partial charge in [-0.05, 0) is 12.1 Å². The van der Waals surface area contributed by atoms with E-state index in [1.807, 2.05) is 32.3 Å². The van der Waals surface area contributed by atoms with E-state index in [1.54, 1.807) is 0 Å². The minimum atomic E-state index is -4.64. The Labute approximate surface area is 82.9 Å². The molecule has 0 unspecified atom stereocenters. The summed E-state index contributed by atoms with van der Waals surface area (Å²) in [7, 11) is -0.565. The van der Waals surface area contributed by atoms with Crippen LogP contribution in [0.25, 0.3) is 0 Å². The highest BCUT2D eigenvalue weighted by Crippen LogP contribution is 2.25. The molecule has 0 bridgehead atoms. The number of anilines is 1. The second kappa shape index (κ2) is 5.78. The van der Waals surface area contributed by atoms with E-state index in [1.165, 1.54) is 5.69 Å². The molecule has 3 N–H and O–H groups in total. The number of phosphoric acid groups is 1. The minimum Gasteiger partial charge on any atom is -0.378 e. The molecule has 0 saturated carbocycles. The van der Waals surface area contributed by atoms with Crippen molar-refractivity contribution >= 4 is 13.5 Å². The number of rotatable bonds is 1. The SMILES string of the molecule is CN(C)c1ccccc1.O=P(O)(O)O. The Morgan fingerprint density at radius 2 is 1.43 bits per heavy atom. The summed E-state index contributed by atoms with van der Waals surface area (Å²) in [5.74, 6) is 0. The smallest absolute Gasteiger partial charge is 0.378 e. The van der Waals surface area contributed by atoms with E-state index >= 15 is 0 Å². The van der Waals surface area contributed by atoms with Crippen molar-refractivity contribution in [3.05, 3.63) is 30.3 Å². The van der Waals surface area contributed by atoms with Crippen LogP contribution in [0.2, 0.25) is 0 Å². The van der Waals surface area contributed by atoms with Gasteiger partial charge in [0.1, 0.15) is 0 Å². The van der Waals surface area contributed by atoms with Crippen LogP contribution in [0.4, 0.5) is 5.69 Å². The summed E-state index contributed by atoms with van der Waals surface area (Å²) in [6, 6.07) is 10.3. The van der Waals surface area contributed by atoms with Crippen LogP contribution in [0.15, 0.2) is 30.3 Å². The van der Waals surface area contributed by atoms with Crippen LogP contribution in [0.3, 0.4) is 0 Å². The molecule has 1 rings (SSSR count). The molecule has 0 atom stereocenters. The molecule has 0 aliphatic carbocycles. The van der Waals surface area contributed by atoms with E-state index < -0.39 is 7.82 Å². The van der Waals surface area contributed by atoms with E-state index in [2.05, 4.69) is 17.0 Å². The number of hydrogen-bond acceptors (Lipinski definition) is 2. The molecule has 5 nitrogen and oxygen atoms in total. The van der Waals surface area contributed by atoms with Gasteiger partial charge >= 0.3 is 7.82 Å². The van der Waals surface area contributed by atoms with Crippen LogP contribution in [0, 0.1) is 0 Å². The van der Waals surface area contributed by atoms with Gasteiger partial charge in [-0.2, -0.15) is 0 Å². The van der Waals surface area contributed by atoms with Crippen LogP contribution < -0.4 is 4.90 Å². The molecule has 14 heavy (non-hydrogen) atoms. The fourth-order valence-corrected chi connectivity index (χ4v) is 0.726. The Balaban J connectivity index is 0.000000292. The average Bonchev–Trinajstić information content (AvgIpc) is 2.03. The normalized spacial score (nSPS) is 10.1. The Hall–Kier alpha value is -0.870. The van der Waals surface area contributed by atoms with Gasteiger partial charge in [-0.1, -0.05) is 18.2 Å². The lowest BCUT2D eigenvalue weighted by atomic mass is 10.3. The summed E-state index contributed by atoms with van der Waals surface area (Å²) in [5, 5.41) is 0. The fraction of sp³-hybridized carbons (Fsp3) is 0.250. The first-order valence-corrected chi connectivity index (χ1v) is 5.38. The van der Waals surface area contributed by atoms with Gasteiger partial charge in [0.05, 0.1) is 0 Å². The highest BCUT2D eigenvalue weighted by atomic mass is 31.2. The predicted octanol–water partition coefficient (Wildman–Crippen LogP) is 0.824. The largest absolute Gasteiger partial charge is 0.466 e. The van der Waals surface area contributed by atoms with Crippen LogP contribution in [-0.4, -0.2) is 28.8 Å². The number of benzene rings is 1. The van der Waals surface area contributed by atoms with Crippen molar-refractivity contribution in [1.29, 1.82) is 0 Å². The van der Waals surface area contributed by atoms with Gasteiger partial charge in [-0.3, -0.25) is 0 Å². The molecule has 0 amide bonds.